The summed E-state index contributed by atoms with van der Waals surface area (Å²) in [5, 5.41) is 7.36. The van der Waals surface area contributed by atoms with Gasteiger partial charge in [0.05, 0.1) is 0 Å². The van der Waals surface area contributed by atoms with Gasteiger partial charge in [-0.3, -0.25) is 4.57 Å². The van der Waals surface area contributed by atoms with Crippen LogP contribution in [0.25, 0.3) is 0 Å². The third kappa shape index (κ3) is 3.26. The molecule has 0 saturated carbocycles. The smallest absolute Gasteiger partial charge is 0.270 e. The molecule has 0 amide bonds. The second kappa shape index (κ2) is 6.44. The minimum atomic E-state index is -0.121. The highest BCUT2D eigenvalue weighted by molar-refractivity contribution is 7.99. The van der Waals surface area contributed by atoms with E-state index in [1.165, 1.54) is 5.56 Å². The summed E-state index contributed by atoms with van der Waals surface area (Å²) in [6.45, 7) is 2.79. The van der Waals surface area contributed by atoms with E-state index >= 15 is 0 Å². The highest BCUT2D eigenvalue weighted by Gasteiger charge is 2.08. The van der Waals surface area contributed by atoms with Gasteiger partial charge in [-0.2, -0.15) is 0 Å². The summed E-state index contributed by atoms with van der Waals surface area (Å²) < 4.78 is 1.72. The van der Waals surface area contributed by atoms with E-state index in [0.717, 1.165) is 23.8 Å². The number of aromatic amines is 1. The molecule has 0 spiro atoms. The van der Waals surface area contributed by atoms with Crippen molar-refractivity contribution in [2.45, 2.75) is 31.5 Å². The van der Waals surface area contributed by atoms with Crippen molar-refractivity contribution in [1.82, 2.24) is 14.8 Å². The Balaban J connectivity index is 2.04. The van der Waals surface area contributed by atoms with Gasteiger partial charge in [0.2, 0.25) is 0 Å². The first-order valence-electron chi connectivity index (χ1n) is 6.13. The number of nitrogens with one attached hydrogen (secondary N) is 1. The van der Waals surface area contributed by atoms with Crippen LogP contribution in [0.5, 0.6) is 0 Å². The monoisotopic (exact) mass is 263 g/mol. The lowest BCUT2D eigenvalue weighted by molar-refractivity contribution is 0.616. The molecule has 0 aliphatic heterocycles. The maximum absolute atomic E-state index is 11.7. The highest BCUT2D eigenvalue weighted by atomic mass is 32.2. The van der Waals surface area contributed by atoms with Crippen molar-refractivity contribution in [3.8, 4) is 0 Å². The average molecular weight is 263 g/mol. The summed E-state index contributed by atoms with van der Waals surface area (Å²) in [6.07, 6.45) is 1.92. The van der Waals surface area contributed by atoms with Crippen molar-refractivity contribution in [3.05, 3.63) is 46.4 Å². The number of nitrogens with zero attached hydrogens (tertiary/aromatic N) is 2. The summed E-state index contributed by atoms with van der Waals surface area (Å²) >= 11 is 1.62. The van der Waals surface area contributed by atoms with Crippen molar-refractivity contribution in [3.63, 3.8) is 0 Å². The van der Waals surface area contributed by atoms with Gasteiger partial charge in [0.1, 0.15) is 0 Å². The van der Waals surface area contributed by atoms with Crippen LogP contribution in [0.2, 0.25) is 0 Å². The van der Waals surface area contributed by atoms with Gasteiger partial charge in [-0.15, -0.1) is 5.10 Å². The number of aromatic nitrogens is 3. The second-order valence-electron chi connectivity index (χ2n) is 4.05. The molecule has 0 aliphatic carbocycles. The predicted octanol–water partition coefficient (Wildman–Crippen LogP) is 2.32. The van der Waals surface area contributed by atoms with Crippen molar-refractivity contribution in [1.29, 1.82) is 0 Å². The fraction of sp³-hybridized carbons (Fsp3) is 0.385. The molecule has 2 aromatic rings. The number of H-pyrrole nitrogens is 1. The van der Waals surface area contributed by atoms with Crippen molar-refractivity contribution in [2.24, 2.45) is 0 Å². The number of hydrogen-bond acceptors (Lipinski definition) is 3. The first-order chi connectivity index (χ1) is 8.81. The fourth-order valence-electron chi connectivity index (χ4n) is 1.69. The maximum atomic E-state index is 11.7. The van der Waals surface area contributed by atoms with E-state index in [1.54, 1.807) is 16.3 Å². The Morgan fingerprint density at radius 1 is 1.33 bits per heavy atom. The van der Waals surface area contributed by atoms with E-state index in [0.29, 0.717) is 6.54 Å². The zero-order chi connectivity index (χ0) is 12.8. The lowest BCUT2D eigenvalue weighted by atomic mass is 10.1. The van der Waals surface area contributed by atoms with Gasteiger partial charge < -0.3 is 0 Å². The van der Waals surface area contributed by atoms with Gasteiger partial charge in [0.15, 0.2) is 5.16 Å². The van der Waals surface area contributed by atoms with Crippen molar-refractivity contribution < 1.29 is 0 Å². The zero-order valence-corrected chi connectivity index (χ0v) is 11.2. The third-order valence-corrected chi connectivity index (χ3v) is 3.81. The lowest BCUT2D eigenvalue weighted by Crippen LogP contribution is -2.18. The van der Waals surface area contributed by atoms with E-state index in [1.807, 2.05) is 18.2 Å². The Labute approximate surface area is 110 Å². The van der Waals surface area contributed by atoms with Crippen LogP contribution in [-0.4, -0.2) is 20.5 Å². The van der Waals surface area contributed by atoms with Crippen molar-refractivity contribution in [2.75, 3.05) is 5.75 Å². The Morgan fingerprint density at radius 3 is 2.83 bits per heavy atom. The summed E-state index contributed by atoms with van der Waals surface area (Å²) in [5.41, 5.74) is 1.11. The van der Waals surface area contributed by atoms with E-state index in [4.69, 9.17) is 0 Å². The van der Waals surface area contributed by atoms with Crippen LogP contribution < -0.4 is 5.69 Å². The molecule has 0 fully saturated rings. The molecule has 0 bridgehead atoms. The van der Waals surface area contributed by atoms with Crippen LogP contribution >= 0.6 is 11.8 Å². The number of benzene rings is 1. The molecule has 5 heteroatoms. The molecular weight excluding hydrogens is 246 g/mol. The summed E-state index contributed by atoms with van der Waals surface area (Å²) in [4.78, 5) is 11.7. The number of aryl methyl sites for hydroxylation is 1. The van der Waals surface area contributed by atoms with Crippen molar-refractivity contribution >= 4 is 11.8 Å². The topological polar surface area (TPSA) is 50.7 Å². The maximum Gasteiger partial charge on any atom is 0.343 e. The molecule has 0 saturated heterocycles. The molecule has 0 radical (unpaired) electrons. The number of thioether (sulfide) groups is 1. The SMILES string of the molecule is CCCSc1n[nH]c(=O)n1CCc1ccccc1. The highest BCUT2D eigenvalue weighted by Crippen LogP contribution is 2.14. The Morgan fingerprint density at radius 2 is 2.11 bits per heavy atom. The summed E-state index contributed by atoms with van der Waals surface area (Å²) in [7, 11) is 0. The molecule has 18 heavy (non-hydrogen) atoms. The Hall–Kier alpha value is -1.49. The quantitative estimate of drug-likeness (QED) is 0.814. The van der Waals surface area contributed by atoms with E-state index in [9.17, 15) is 4.79 Å². The van der Waals surface area contributed by atoms with Crippen LogP contribution in [0.1, 0.15) is 18.9 Å². The zero-order valence-electron chi connectivity index (χ0n) is 10.4. The normalized spacial score (nSPS) is 10.7. The standard InChI is InChI=1S/C13H17N3OS/c1-2-10-18-13-15-14-12(17)16(13)9-8-11-6-4-3-5-7-11/h3-7H,2,8-10H2,1H3,(H,14,17). The molecule has 0 unspecified atom stereocenters. The van der Waals surface area contributed by atoms with E-state index in [-0.39, 0.29) is 5.69 Å². The van der Waals surface area contributed by atoms with Gasteiger partial charge in [-0.1, -0.05) is 49.0 Å². The molecule has 1 N–H and O–H groups in total. The first-order valence-corrected chi connectivity index (χ1v) is 7.11. The molecule has 4 nitrogen and oxygen atoms in total. The van der Waals surface area contributed by atoms with Gasteiger partial charge in [-0.05, 0) is 18.4 Å². The third-order valence-electron chi connectivity index (χ3n) is 2.63. The first kappa shape index (κ1) is 13.0. The van der Waals surface area contributed by atoms with Gasteiger partial charge in [0.25, 0.3) is 0 Å². The lowest BCUT2D eigenvalue weighted by Gasteiger charge is -2.04. The molecule has 0 aliphatic rings. The average Bonchev–Trinajstić information content (AvgIpc) is 2.76. The molecule has 1 aromatic carbocycles. The minimum absolute atomic E-state index is 0.121. The van der Waals surface area contributed by atoms with Crippen LogP contribution in [0.3, 0.4) is 0 Å². The summed E-state index contributed by atoms with van der Waals surface area (Å²) in [6, 6.07) is 10.2. The Kier molecular flexibility index (Phi) is 4.64. The Bertz CT molecular complexity index is 533. The number of rotatable bonds is 6. The van der Waals surface area contributed by atoms with Gasteiger partial charge >= 0.3 is 5.69 Å². The van der Waals surface area contributed by atoms with Crippen LogP contribution in [-0.2, 0) is 13.0 Å². The van der Waals surface area contributed by atoms with Gasteiger partial charge in [0, 0.05) is 12.3 Å². The molecule has 2 rings (SSSR count). The molecular formula is C13H17N3OS. The largest absolute Gasteiger partial charge is 0.343 e. The minimum Gasteiger partial charge on any atom is -0.270 e. The summed E-state index contributed by atoms with van der Waals surface area (Å²) in [5.74, 6) is 0.982. The van der Waals surface area contributed by atoms with E-state index < -0.39 is 0 Å². The molecule has 96 valence electrons. The van der Waals surface area contributed by atoms with Crippen LogP contribution in [0.4, 0.5) is 0 Å². The van der Waals surface area contributed by atoms with Crippen LogP contribution in [0, 0.1) is 0 Å². The molecule has 1 aromatic heterocycles. The number of hydrogen-bond donors (Lipinski definition) is 1. The fourth-order valence-corrected chi connectivity index (χ4v) is 2.52. The molecule has 0 atom stereocenters. The van der Waals surface area contributed by atoms with Gasteiger partial charge in [-0.25, -0.2) is 9.89 Å². The van der Waals surface area contributed by atoms with E-state index in [2.05, 4.69) is 29.3 Å². The molecule has 1 heterocycles. The second-order valence-corrected chi connectivity index (χ2v) is 5.11. The predicted molar refractivity (Wildman–Crippen MR) is 74.0 cm³/mol. The van der Waals surface area contributed by atoms with Crippen LogP contribution in [0.15, 0.2) is 40.3 Å².